The molecule has 26 heavy (non-hydrogen) atoms. The Morgan fingerprint density at radius 1 is 0.923 bits per heavy atom. The molecule has 5 heteroatoms. The Labute approximate surface area is 152 Å². The fourth-order valence-corrected chi connectivity index (χ4v) is 3.01. The molecule has 0 aliphatic carbocycles. The van der Waals surface area contributed by atoms with Crippen LogP contribution >= 0.6 is 0 Å². The van der Waals surface area contributed by atoms with E-state index in [0.29, 0.717) is 5.88 Å². The first-order chi connectivity index (χ1) is 12.8. The molecular formula is C21H20N4O. The van der Waals surface area contributed by atoms with E-state index in [0.717, 1.165) is 29.3 Å². The summed E-state index contributed by atoms with van der Waals surface area (Å²) in [5.41, 5.74) is 3.80. The van der Waals surface area contributed by atoms with Crippen LogP contribution in [0.5, 0.6) is 5.88 Å². The molecule has 2 aromatic heterocycles. The van der Waals surface area contributed by atoms with Crippen molar-refractivity contribution in [3.05, 3.63) is 78.4 Å². The fourth-order valence-electron chi connectivity index (χ4n) is 3.01. The van der Waals surface area contributed by atoms with E-state index in [-0.39, 0.29) is 0 Å². The lowest BCUT2D eigenvalue weighted by atomic mass is 10.2. The van der Waals surface area contributed by atoms with Crippen molar-refractivity contribution < 1.29 is 4.74 Å². The molecule has 0 spiro atoms. The van der Waals surface area contributed by atoms with E-state index in [2.05, 4.69) is 17.0 Å². The third-order valence-corrected chi connectivity index (χ3v) is 4.32. The fraction of sp³-hybridized carbons (Fsp3) is 0.143. The average Bonchev–Trinajstić information content (AvgIpc) is 3.07. The molecule has 0 N–H and O–H groups in total. The van der Waals surface area contributed by atoms with Crippen LogP contribution in [0.15, 0.2) is 72.8 Å². The van der Waals surface area contributed by atoms with E-state index in [1.54, 1.807) is 11.6 Å². The zero-order chi connectivity index (χ0) is 17.9. The highest BCUT2D eigenvalue weighted by molar-refractivity contribution is 5.69. The number of fused-ring (bicyclic) bond motifs is 1. The molecule has 0 unspecified atom stereocenters. The Hall–Kier alpha value is -3.34. The summed E-state index contributed by atoms with van der Waals surface area (Å²) < 4.78 is 7.39. The van der Waals surface area contributed by atoms with Gasteiger partial charge in [0.15, 0.2) is 5.65 Å². The molecule has 0 amide bonds. The van der Waals surface area contributed by atoms with E-state index in [4.69, 9.17) is 14.8 Å². The van der Waals surface area contributed by atoms with Crippen molar-refractivity contribution in [3.8, 4) is 17.1 Å². The summed E-state index contributed by atoms with van der Waals surface area (Å²) in [5, 5.41) is 4.74. The van der Waals surface area contributed by atoms with Gasteiger partial charge in [-0.25, -0.2) is 4.98 Å². The second kappa shape index (κ2) is 6.88. The van der Waals surface area contributed by atoms with Gasteiger partial charge in [-0.15, -0.1) is 5.10 Å². The van der Waals surface area contributed by atoms with Crippen LogP contribution in [0.1, 0.15) is 5.56 Å². The van der Waals surface area contributed by atoms with Crippen molar-refractivity contribution in [2.24, 2.45) is 0 Å². The van der Waals surface area contributed by atoms with Gasteiger partial charge in [0.1, 0.15) is 11.5 Å². The molecule has 4 rings (SSSR count). The van der Waals surface area contributed by atoms with Gasteiger partial charge in [0, 0.05) is 19.2 Å². The van der Waals surface area contributed by atoms with Crippen LogP contribution < -0.4 is 9.64 Å². The first-order valence-electron chi connectivity index (χ1n) is 8.50. The van der Waals surface area contributed by atoms with Crippen LogP contribution in [0.3, 0.4) is 0 Å². The minimum Gasteiger partial charge on any atom is -0.479 e. The Bertz CT molecular complexity index is 1010. The van der Waals surface area contributed by atoms with Gasteiger partial charge in [-0.3, -0.25) is 0 Å². The van der Waals surface area contributed by atoms with Crippen molar-refractivity contribution in [2.75, 3.05) is 19.1 Å². The highest BCUT2D eigenvalue weighted by atomic mass is 16.5. The van der Waals surface area contributed by atoms with E-state index < -0.39 is 0 Å². The van der Waals surface area contributed by atoms with Gasteiger partial charge in [-0.2, -0.15) is 4.52 Å². The van der Waals surface area contributed by atoms with Gasteiger partial charge in [-0.05, 0) is 17.7 Å². The van der Waals surface area contributed by atoms with Gasteiger partial charge in [0.25, 0.3) is 0 Å². The van der Waals surface area contributed by atoms with Crippen LogP contribution in [0, 0.1) is 0 Å². The van der Waals surface area contributed by atoms with Crippen molar-refractivity contribution in [2.45, 2.75) is 6.54 Å². The number of methoxy groups -OCH3 is 1. The maximum Gasteiger partial charge on any atom is 0.243 e. The zero-order valence-corrected chi connectivity index (χ0v) is 14.8. The Kier molecular flexibility index (Phi) is 4.27. The van der Waals surface area contributed by atoms with Crippen LogP contribution in [-0.2, 0) is 6.54 Å². The topological polar surface area (TPSA) is 42.7 Å². The lowest BCUT2D eigenvalue weighted by Gasteiger charge is -2.18. The number of hydrogen-bond acceptors (Lipinski definition) is 4. The van der Waals surface area contributed by atoms with E-state index >= 15 is 0 Å². The summed E-state index contributed by atoms with van der Waals surface area (Å²) in [7, 11) is 3.68. The van der Waals surface area contributed by atoms with Crippen molar-refractivity contribution in [3.63, 3.8) is 0 Å². The van der Waals surface area contributed by atoms with Gasteiger partial charge < -0.3 is 9.64 Å². The number of ether oxygens (including phenoxy) is 1. The largest absolute Gasteiger partial charge is 0.479 e. The number of aromatic nitrogens is 3. The lowest BCUT2D eigenvalue weighted by Crippen LogP contribution is -2.18. The average molecular weight is 344 g/mol. The summed E-state index contributed by atoms with van der Waals surface area (Å²) in [5.74, 6) is 1.50. The summed E-state index contributed by atoms with van der Waals surface area (Å²) in [4.78, 5) is 6.80. The molecule has 0 aliphatic heterocycles. The quantitative estimate of drug-likeness (QED) is 0.548. The monoisotopic (exact) mass is 344 g/mol. The first kappa shape index (κ1) is 16.1. The maximum absolute atomic E-state index is 5.63. The van der Waals surface area contributed by atoms with Crippen LogP contribution in [0.25, 0.3) is 16.9 Å². The number of imidazole rings is 1. The second-order valence-electron chi connectivity index (χ2n) is 6.14. The molecule has 5 nitrogen and oxygen atoms in total. The van der Waals surface area contributed by atoms with Crippen LogP contribution in [0.4, 0.5) is 5.82 Å². The molecule has 0 radical (unpaired) electrons. The van der Waals surface area contributed by atoms with Gasteiger partial charge in [-0.1, -0.05) is 60.7 Å². The normalized spacial score (nSPS) is 10.8. The Morgan fingerprint density at radius 2 is 1.62 bits per heavy atom. The number of hydrogen-bond donors (Lipinski definition) is 0. The van der Waals surface area contributed by atoms with Crippen molar-refractivity contribution >= 4 is 11.5 Å². The number of nitrogens with zero attached hydrogens (tertiary/aromatic N) is 4. The second-order valence-corrected chi connectivity index (χ2v) is 6.14. The zero-order valence-electron chi connectivity index (χ0n) is 14.8. The highest BCUT2D eigenvalue weighted by Gasteiger charge is 2.16. The molecular weight excluding hydrogens is 324 g/mol. The van der Waals surface area contributed by atoms with Crippen LogP contribution in [0.2, 0.25) is 0 Å². The number of rotatable bonds is 5. The molecule has 130 valence electrons. The molecule has 0 fully saturated rings. The molecule has 4 aromatic rings. The van der Waals surface area contributed by atoms with Crippen LogP contribution in [-0.4, -0.2) is 28.8 Å². The third kappa shape index (κ3) is 2.99. The molecule has 0 aliphatic rings. The smallest absolute Gasteiger partial charge is 0.243 e. The number of benzene rings is 2. The minimum atomic E-state index is 0.640. The molecule has 2 heterocycles. The van der Waals surface area contributed by atoms with E-state index in [9.17, 15) is 0 Å². The van der Waals surface area contributed by atoms with Gasteiger partial charge >= 0.3 is 0 Å². The lowest BCUT2D eigenvalue weighted by molar-refractivity contribution is 0.389. The van der Waals surface area contributed by atoms with E-state index in [1.807, 2.05) is 67.7 Å². The Balaban J connectivity index is 1.73. The summed E-state index contributed by atoms with van der Waals surface area (Å²) in [6.45, 7) is 0.780. The molecule has 0 atom stereocenters. The van der Waals surface area contributed by atoms with E-state index in [1.165, 1.54) is 5.56 Å². The molecule has 0 saturated carbocycles. The van der Waals surface area contributed by atoms with Gasteiger partial charge in [0.2, 0.25) is 5.88 Å². The Morgan fingerprint density at radius 3 is 2.31 bits per heavy atom. The van der Waals surface area contributed by atoms with Gasteiger partial charge in [0.05, 0.1) is 7.11 Å². The standard InChI is InChI=1S/C21H20N4O/c1-24(15-16-9-5-3-6-10-16)19-14-13-18-22-20(17-11-7-4-8-12-17)21(26-2)25(18)23-19/h3-14H,15H2,1-2H3. The molecule has 0 saturated heterocycles. The minimum absolute atomic E-state index is 0.640. The summed E-state index contributed by atoms with van der Waals surface area (Å²) in [6, 6.07) is 24.3. The predicted molar refractivity (Wildman–Crippen MR) is 104 cm³/mol. The molecule has 2 aromatic carbocycles. The highest BCUT2D eigenvalue weighted by Crippen LogP contribution is 2.30. The number of anilines is 1. The van der Waals surface area contributed by atoms with Crippen molar-refractivity contribution in [1.82, 2.24) is 14.6 Å². The third-order valence-electron chi connectivity index (χ3n) is 4.32. The van der Waals surface area contributed by atoms with Crippen molar-refractivity contribution in [1.29, 1.82) is 0 Å². The maximum atomic E-state index is 5.63. The molecule has 0 bridgehead atoms. The first-order valence-corrected chi connectivity index (χ1v) is 8.50. The summed E-state index contributed by atoms with van der Waals surface area (Å²) >= 11 is 0. The summed E-state index contributed by atoms with van der Waals surface area (Å²) in [6.07, 6.45) is 0. The SMILES string of the molecule is COc1c(-c2ccccc2)nc2ccc(N(C)Cc3ccccc3)nn12. The predicted octanol–water partition coefficient (Wildman–Crippen LogP) is 4.04.